The number of ether oxygens (including phenoxy) is 1. The predicted octanol–water partition coefficient (Wildman–Crippen LogP) is 7.71. The second-order valence-corrected chi connectivity index (χ2v) is 11.7. The fraction of sp³-hybridized carbons (Fsp3) is 0.182. The first kappa shape index (κ1) is 28.4. The zero-order valence-electron chi connectivity index (χ0n) is 19.0. The molecule has 1 aromatic heterocycles. The van der Waals surface area contributed by atoms with Gasteiger partial charge in [0, 0.05) is 0 Å². The maximum absolute atomic E-state index is 13.4. The molecule has 208 valence electrons. The van der Waals surface area contributed by atoms with Crippen molar-refractivity contribution in [2.24, 2.45) is 0 Å². The molecule has 0 aliphatic heterocycles. The van der Waals surface area contributed by atoms with Crippen LogP contribution in [-0.2, 0) is 21.6 Å². The van der Waals surface area contributed by atoms with Crippen molar-refractivity contribution in [3.63, 3.8) is 0 Å². The Hall–Kier alpha value is -3.61. The molecule has 8 nitrogen and oxygen atoms in total. The van der Waals surface area contributed by atoms with Crippen molar-refractivity contribution in [1.29, 1.82) is 5.26 Å². The van der Waals surface area contributed by atoms with Gasteiger partial charge in [-0.25, -0.2) is 13.9 Å². The van der Waals surface area contributed by atoms with Gasteiger partial charge in [0.25, 0.3) is 0 Å². The molecule has 1 aliphatic carbocycles. The van der Waals surface area contributed by atoms with Gasteiger partial charge in [-0.1, -0.05) is 54.8 Å². The van der Waals surface area contributed by atoms with E-state index in [1.54, 1.807) is 6.07 Å². The normalized spacial score (nSPS) is 16.0. The number of benzene rings is 2. The second-order valence-electron chi connectivity index (χ2n) is 8.52. The zero-order valence-corrected chi connectivity index (χ0v) is 21.4. The highest BCUT2D eigenvalue weighted by Gasteiger charge is 2.65. The van der Waals surface area contributed by atoms with E-state index < -0.39 is 65.7 Å². The third kappa shape index (κ3) is 5.58. The predicted molar refractivity (Wildman–Crippen MR) is 128 cm³/mol. The number of aliphatic carboxylic acids is 1. The summed E-state index contributed by atoms with van der Waals surface area (Å²) in [4.78, 5) is 22.3. The average Bonchev–Trinajstić information content (AvgIpc) is 3.54. The molecular weight excluding hydrogens is 601 g/mol. The largest absolute Gasteiger partial charge is 0.481 e. The number of carboxylic acid groups (broad SMARTS) is 1. The maximum atomic E-state index is 13.4. The number of nitriles is 1. The smallest absolute Gasteiger partial charge is 0.413 e. The molecule has 2 N–H and O–H groups in total. The van der Waals surface area contributed by atoms with Crippen LogP contribution in [0.2, 0.25) is 10.0 Å². The van der Waals surface area contributed by atoms with Gasteiger partial charge >= 0.3 is 22.3 Å². The molecular formula is C22H14Cl2F6N4O4S. The molecule has 4 rings (SSSR count). The van der Waals surface area contributed by atoms with Crippen LogP contribution in [0.3, 0.4) is 0 Å². The van der Waals surface area contributed by atoms with Crippen molar-refractivity contribution in [1.82, 2.24) is 9.78 Å². The Balaban J connectivity index is 1.83. The lowest BCUT2D eigenvalue weighted by molar-refractivity contribution is -0.140. The zero-order chi connectivity index (χ0) is 29.0. The van der Waals surface area contributed by atoms with Crippen molar-refractivity contribution < 1.29 is 43.3 Å². The quantitative estimate of drug-likeness (QED) is 0.263. The number of aromatic nitrogens is 2. The van der Waals surface area contributed by atoms with E-state index in [0.29, 0.717) is 10.2 Å². The summed E-state index contributed by atoms with van der Waals surface area (Å²) >= 11 is 11.9. The molecule has 1 heterocycles. The summed E-state index contributed by atoms with van der Waals surface area (Å²) in [6.07, 6.45) is -1.22. The van der Waals surface area contributed by atoms with Crippen molar-refractivity contribution >= 4 is 51.3 Å². The van der Waals surface area contributed by atoms with Gasteiger partial charge in [-0.05, 0) is 42.7 Å². The fourth-order valence-electron chi connectivity index (χ4n) is 3.75. The lowest BCUT2D eigenvalue weighted by Crippen LogP contribution is -2.24. The highest BCUT2D eigenvalue weighted by atomic mass is 35.5. The van der Waals surface area contributed by atoms with Gasteiger partial charge in [0.15, 0.2) is 5.69 Å². The number of halogens is 8. The van der Waals surface area contributed by atoms with E-state index in [0.717, 1.165) is 12.1 Å². The minimum atomic E-state index is -10.2. The molecule has 0 unspecified atom stereocenters. The van der Waals surface area contributed by atoms with E-state index in [1.807, 2.05) is 0 Å². The van der Waals surface area contributed by atoms with E-state index in [2.05, 4.69) is 10.4 Å². The van der Waals surface area contributed by atoms with Crippen LogP contribution in [0.15, 0.2) is 41.3 Å². The van der Waals surface area contributed by atoms with Crippen LogP contribution in [0, 0.1) is 17.1 Å². The standard InChI is InChI=1S/C22H14Cl2F6N4O4S/c23-14-7-13(39(26,27,28,29)30)8-15(24)18(14)34-19(17(16(9-31)33-34)22(5-6-22)20(35)36)32-21(37)38-10-11-1-3-12(25)4-2-11/h1-4,7-8H,5-6,10H2,(H,32,37)(H,35,36). The number of carbonyl (C=O) groups excluding carboxylic acids is 1. The minimum absolute atomic E-state index is 0.00658. The Labute approximate surface area is 225 Å². The Kier molecular flexibility index (Phi) is 6.33. The summed E-state index contributed by atoms with van der Waals surface area (Å²) < 4.78 is 85.6. The number of hydrogen-bond donors (Lipinski definition) is 2. The number of anilines is 1. The molecule has 3 aromatic rings. The Morgan fingerprint density at radius 1 is 1.13 bits per heavy atom. The SMILES string of the molecule is N#Cc1nn(-c2c(Cl)cc(S(F)(F)(F)(F)F)cc2Cl)c(NC(=O)OCc2ccc(F)cc2)c1C1(C(=O)O)CC1. The summed E-state index contributed by atoms with van der Waals surface area (Å²) in [5.74, 6) is -2.48. The lowest BCUT2D eigenvalue weighted by Gasteiger charge is -2.40. The monoisotopic (exact) mass is 614 g/mol. The fourth-order valence-corrected chi connectivity index (χ4v) is 5.21. The van der Waals surface area contributed by atoms with Crippen LogP contribution in [-0.4, -0.2) is 26.9 Å². The summed E-state index contributed by atoms with van der Waals surface area (Å²) in [7, 11) is -10.2. The maximum Gasteiger partial charge on any atom is 0.413 e. The Morgan fingerprint density at radius 3 is 2.15 bits per heavy atom. The molecule has 0 saturated heterocycles. The summed E-state index contributed by atoms with van der Waals surface area (Å²) in [5, 5.41) is 23.5. The first-order valence-electron chi connectivity index (χ1n) is 10.5. The Bertz CT molecular complexity index is 1550. The van der Waals surface area contributed by atoms with E-state index in [-0.39, 0.29) is 37.1 Å². The van der Waals surface area contributed by atoms with Gasteiger partial charge in [0.1, 0.15) is 34.9 Å². The van der Waals surface area contributed by atoms with Gasteiger partial charge in [-0.15, -0.1) is 0 Å². The van der Waals surface area contributed by atoms with E-state index in [4.69, 9.17) is 27.9 Å². The van der Waals surface area contributed by atoms with Crippen LogP contribution < -0.4 is 5.32 Å². The van der Waals surface area contributed by atoms with Gasteiger partial charge in [0.05, 0.1) is 21.0 Å². The molecule has 1 aliphatic rings. The van der Waals surface area contributed by atoms with E-state index in [1.165, 1.54) is 12.1 Å². The van der Waals surface area contributed by atoms with Crippen LogP contribution in [0.1, 0.15) is 29.7 Å². The highest BCUT2D eigenvalue weighted by molar-refractivity contribution is 8.45. The molecule has 0 atom stereocenters. The van der Waals surface area contributed by atoms with Crippen molar-refractivity contribution in [3.8, 4) is 11.8 Å². The van der Waals surface area contributed by atoms with Crippen LogP contribution in [0.5, 0.6) is 0 Å². The summed E-state index contributed by atoms with van der Waals surface area (Å²) in [6.45, 7) is -0.384. The molecule has 2 aromatic carbocycles. The summed E-state index contributed by atoms with van der Waals surface area (Å²) in [6, 6.07) is 6.29. The van der Waals surface area contributed by atoms with Crippen molar-refractivity contribution in [2.45, 2.75) is 29.8 Å². The summed E-state index contributed by atoms with van der Waals surface area (Å²) in [5.41, 5.74) is -2.86. The number of nitrogens with one attached hydrogen (secondary N) is 1. The molecule has 0 spiro atoms. The third-order valence-corrected chi connectivity index (χ3v) is 7.48. The van der Waals surface area contributed by atoms with Gasteiger partial charge < -0.3 is 9.84 Å². The second kappa shape index (κ2) is 8.70. The minimum Gasteiger partial charge on any atom is -0.481 e. The number of amides is 1. The van der Waals surface area contributed by atoms with Gasteiger partial charge in [-0.3, -0.25) is 10.1 Å². The van der Waals surface area contributed by atoms with E-state index >= 15 is 0 Å². The van der Waals surface area contributed by atoms with Crippen LogP contribution in [0.25, 0.3) is 5.69 Å². The molecule has 0 bridgehead atoms. The molecule has 0 radical (unpaired) electrons. The number of carbonyl (C=O) groups is 2. The lowest BCUT2D eigenvalue weighted by atomic mass is 9.95. The first-order valence-corrected chi connectivity index (χ1v) is 13.3. The van der Waals surface area contributed by atoms with Crippen molar-refractivity contribution in [3.05, 3.63) is 69.1 Å². The number of hydrogen-bond acceptors (Lipinski definition) is 5. The van der Waals surface area contributed by atoms with Crippen LogP contribution >= 0.6 is 33.4 Å². The molecule has 1 saturated carbocycles. The highest BCUT2D eigenvalue weighted by Crippen LogP contribution is 3.02. The number of rotatable bonds is 7. The number of nitrogens with zero attached hydrogens (tertiary/aromatic N) is 3. The molecule has 17 heteroatoms. The van der Waals surface area contributed by atoms with Gasteiger partial charge in [-0.2, -0.15) is 10.4 Å². The Morgan fingerprint density at radius 2 is 1.69 bits per heavy atom. The topological polar surface area (TPSA) is 117 Å². The van der Waals surface area contributed by atoms with Gasteiger partial charge in [0.2, 0.25) is 0 Å². The first-order chi connectivity index (χ1) is 17.9. The van der Waals surface area contributed by atoms with E-state index in [9.17, 15) is 43.8 Å². The third-order valence-electron chi connectivity index (χ3n) is 5.78. The molecule has 1 fully saturated rings. The number of carboxylic acids is 1. The van der Waals surface area contributed by atoms with Crippen LogP contribution in [0.4, 0.5) is 34.4 Å². The van der Waals surface area contributed by atoms with Crippen molar-refractivity contribution in [2.75, 3.05) is 5.32 Å². The molecule has 1 amide bonds. The average molecular weight is 615 g/mol. The molecule has 39 heavy (non-hydrogen) atoms.